The second kappa shape index (κ2) is 7.79. The van der Waals surface area contributed by atoms with Gasteiger partial charge in [-0.15, -0.1) is 5.10 Å². The maximum absolute atomic E-state index is 13.4. The number of carbonyl (C=O) groups excluding carboxylic acids is 1. The van der Waals surface area contributed by atoms with Gasteiger partial charge in [0.1, 0.15) is 11.6 Å². The fourth-order valence-corrected chi connectivity index (χ4v) is 4.19. The second-order valence-electron chi connectivity index (χ2n) is 6.89. The number of thioether (sulfide) groups is 1. The molecule has 0 aliphatic rings. The quantitative estimate of drug-likeness (QED) is 0.370. The van der Waals surface area contributed by atoms with E-state index in [1.807, 2.05) is 38.1 Å². The Bertz CT molecular complexity index is 1210. The predicted octanol–water partition coefficient (Wildman–Crippen LogP) is 3.86. The highest BCUT2D eigenvalue weighted by Crippen LogP contribution is 2.27. The Hall–Kier alpha value is -3.00. The smallest absolute Gasteiger partial charge is 0.235 e. The Morgan fingerprint density at radius 3 is 2.79 bits per heavy atom. The highest BCUT2D eigenvalue weighted by atomic mass is 32.2. The van der Waals surface area contributed by atoms with E-state index in [1.165, 1.54) is 23.9 Å². The van der Waals surface area contributed by atoms with Gasteiger partial charge in [-0.25, -0.2) is 14.4 Å². The first-order chi connectivity index (χ1) is 13.9. The van der Waals surface area contributed by atoms with Gasteiger partial charge < -0.3 is 4.90 Å². The maximum atomic E-state index is 13.4. The lowest BCUT2D eigenvalue weighted by Crippen LogP contribution is -2.33. The molecule has 6 nitrogen and oxygen atoms in total. The van der Waals surface area contributed by atoms with Gasteiger partial charge in [0.05, 0.1) is 10.8 Å². The normalized spacial score (nSPS) is 12.4. The molecule has 2 aromatic heterocycles. The van der Waals surface area contributed by atoms with E-state index in [4.69, 9.17) is 4.98 Å². The number of amides is 1. The van der Waals surface area contributed by atoms with Crippen LogP contribution in [-0.2, 0) is 11.3 Å². The molecule has 1 amide bonds. The minimum atomic E-state index is -0.394. The summed E-state index contributed by atoms with van der Waals surface area (Å²) in [6.07, 6.45) is 0. The predicted molar refractivity (Wildman–Crippen MR) is 111 cm³/mol. The summed E-state index contributed by atoms with van der Waals surface area (Å²) in [5.41, 5.74) is 2.28. The Morgan fingerprint density at radius 2 is 2.00 bits per heavy atom. The fraction of sp³-hybridized carbons (Fsp3) is 0.238. The van der Waals surface area contributed by atoms with Crippen molar-refractivity contribution in [3.05, 3.63) is 65.7 Å². The summed E-state index contributed by atoms with van der Waals surface area (Å²) >= 11 is 1.34. The number of para-hydroxylation sites is 1. The molecule has 2 heterocycles. The van der Waals surface area contributed by atoms with Crippen molar-refractivity contribution >= 4 is 34.2 Å². The van der Waals surface area contributed by atoms with Crippen LogP contribution in [0.4, 0.5) is 4.39 Å². The molecule has 1 atom stereocenters. The average Bonchev–Trinajstić information content (AvgIpc) is 3.09. The van der Waals surface area contributed by atoms with E-state index >= 15 is 0 Å². The first-order valence-corrected chi connectivity index (χ1v) is 10.1. The molecule has 0 fully saturated rings. The number of carbonyl (C=O) groups is 1. The standard InChI is InChI=1S/C21H20FN5OS/c1-13(20(28)26(3)12-15-7-6-8-16(22)11-15)29-21-24-18-10-5-4-9-17(18)19-23-14(2)25-27(19)21/h4-11,13H,12H2,1-3H3/t13-/m0/s1. The third-order valence-electron chi connectivity index (χ3n) is 4.57. The molecule has 8 heteroatoms. The molecule has 0 radical (unpaired) electrons. The highest BCUT2D eigenvalue weighted by molar-refractivity contribution is 8.00. The summed E-state index contributed by atoms with van der Waals surface area (Å²) in [5.74, 6) is 0.265. The third kappa shape index (κ3) is 3.93. The van der Waals surface area contributed by atoms with Crippen LogP contribution in [0.25, 0.3) is 16.6 Å². The van der Waals surface area contributed by atoms with Gasteiger partial charge >= 0.3 is 0 Å². The number of fused-ring (bicyclic) bond motifs is 3. The van der Waals surface area contributed by atoms with E-state index in [-0.39, 0.29) is 11.7 Å². The molecule has 4 aromatic rings. The lowest BCUT2D eigenvalue weighted by atomic mass is 10.2. The van der Waals surface area contributed by atoms with Crippen molar-refractivity contribution in [2.24, 2.45) is 0 Å². The van der Waals surface area contributed by atoms with E-state index in [9.17, 15) is 9.18 Å². The molecule has 0 bridgehead atoms. The van der Waals surface area contributed by atoms with Crippen LogP contribution in [0.5, 0.6) is 0 Å². The van der Waals surface area contributed by atoms with E-state index in [2.05, 4.69) is 10.1 Å². The van der Waals surface area contributed by atoms with Crippen molar-refractivity contribution < 1.29 is 9.18 Å². The average molecular weight is 409 g/mol. The lowest BCUT2D eigenvalue weighted by molar-refractivity contribution is -0.129. The largest absolute Gasteiger partial charge is 0.340 e. The molecule has 0 saturated carbocycles. The SMILES string of the molecule is Cc1nc2c3ccccc3nc(S[C@@H](C)C(=O)N(C)Cc3cccc(F)c3)n2n1. The number of hydrogen-bond acceptors (Lipinski definition) is 5. The van der Waals surface area contributed by atoms with Crippen LogP contribution in [0.3, 0.4) is 0 Å². The summed E-state index contributed by atoms with van der Waals surface area (Å²) in [7, 11) is 1.72. The van der Waals surface area contributed by atoms with Gasteiger partial charge in [0.15, 0.2) is 10.8 Å². The third-order valence-corrected chi connectivity index (χ3v) is 5.60. The molecule has 0 aliphatic carbocycles. The summed E-state index contributed by atoms with van der Waals surface area (Å²) < 4.78 is 15.1. The van der Waals surface area contributed by atoms with Gasteiger partial charge in [0.2, 0.25) is 5.91 Å². The monoisotopic (exact) mass is 409 g/mol. The van der Waals surface area contributed by atoms with Crippen molar-refractivity contribution in [3.8, 4) is 0 Å². The van der Waals surface area contributed by atoms with Gasteiger partial charge in [-0.1, -0.05) is 36.0 Å². The lowest BCUT2D eigenvalue weighted by Gasteiger charge is -2.21. The fourth-order valence-electron chi connectivity index (χ4n) is 3.22. The zero-order chi connectivity index (χ0) is 20.5. The van der Waals surface area contributed by atoms with Gasteiger partial charge in [-0.05, 0) is 43.7 Å². The van der Waals surface area contributed by atoms with Gasteiger partial charge in [0.25, 0.3) is 0 Å². The van der Waals surface area contributed by atoms with Crippen molar-refractivity contribution in [2.45, 2.75) is 30.8 Å². The molecule has 148 valence electrons. The molecule has 4 rings (SSSR count). The number of aryl methyl sites for hydroxylation is 1. The van der Waals surface area contributed by atoms with Crippen molar-refractivity contribution in [2.75, 3.05) is 7.05 Å². The van der Waals surface area contributed by atoms with E-state index in [0.717, 1.165) is 22.1 Å². The number of nitrogens with zero attached hydrogens (tertiary/aromatic N) is 5. The summed E-state index contributed by atoms with van der Waals surface area (Å²) in [4.78, 5) is 23.7. The summed E-state index contributed by atoms with van der Waals surface area (Å²) in [5, 5.41) is 5.59. The van der Waals surface area contributed by atoms with Gasteiger partial charge in [-0.3, -0.25) is 4.79 Å². The van der Waals surface area contributed by atoms with E-state index < -0.39 is 5.25 Å². The minimum absolute atomic E-state index is 0.0702. The Labute approximate surface area is 171 Å². The molecular formula is C21H20FN5OS. The van der Waals surface area contributed by atoms with E-state index in [0.29, 0.717) is 17.5 Å². The number of halogens is 1. The van der Waals surface area contributed by atoms with Crippen molar-refractivity contribution in [1.82, 2.24) is 24.5 Å². The molecule has 0 saturated heterocycles. The van der Waals surface area contributed by atoms with Crippen molar-refractivity contribution in [3.63, 3.8) is 0 Å². The van der Waals surface area contributed by atoms with Crippen LogP contribution >= 0.6 is 11.8 Å². The van der Waals surface area contributed by atoms with Gasteiger partial charge in [-0.2, -0.15) is 4.52 Å². The number of benzene rings is 2. The molecule has 0 N–H and O–H groups in total. The van der Waals surface area contributed by atoms with Crippen LogP contribution in [0, 0.1) is 12.7 Å². The molecule has 2 aromatic carbocycles. The topological polar surface area (TPSA) is 63.4 Å². The van der Waals surface area contributed by atoms with Crippen LogP contribution in [0.15, 0.2) is 53.7 Å². The Morgan fingerprint density at radius 1 is 1.21 bits per heavy atom. The maximum Gasteiger partial charge on any atom is 0.235 e. The summed E-state index contributed by atoms with van der Waals surface area (Å²) in [6, 6.07) is 14.0. The zero-order valence-electron chi connectivity index (χ0n) is 16.3. The van der Waals surface area contributed by atoms with Crippen LogP contribution in [-0.4, -0.2) is 42.7 Å². The number of hydrogen-bond donors (Lipinski definition) is 0. The molecule has 0 aliphatic heterocycles. The zero-order valence-corrected chi connectivity index (χ0v) is 17.2. The second-order valence-corrected chi connectivity index (χ2v) is 8.20. The number of aromatic nitrogens is 4. The van der Waals surface area contributed by atoms with E-state index in [1.54, 1.807) is 28.6 Å². The summed E-state index contributed by atoms with van der Waals surface area (Å²) in [6.45, 7) is 4.00. The molecule has 0 unspecified atom stereocenters. The Balaban J connectivity index is 1.59. The van der Waals surface area contributed by atoms with Crippen LogP contribution < -0.4 is 0 Å². The van der Waals surface area contributed by atoms with Crippen LogP contribution in [0.2, 0.25) is 0 Å². The van der Waals surface area contributed by atoms with Crippen LogP contribution in [0.1, 0.15) is 18.3 Å². The Kier molecular flexibility index (Phi) is 5.19. The van der Waals surface area contributed by atoms with Gasteiger partial charge in [0, 0.05) is 19.0 Å². The molecule has 0 spiro atoms. The first kappa shape index (κ1) is 19.3. The first-order valence-electron chi connectivity index (χ1n) is 9.20. The minimum Gasteiger partial charge on any atom is -0.340 e. The molecular weight excluding hydrogens is 389 g/mol. The molecule has 29 heavy (non-hydrogen) atoms. The van der Waals surface area contributed by atoms with Crippen molar-refractivity contribution in [1.29, 1.82) is 0 Å². The highest BCUT2D eigenvalue weighted by Gasteiger charge is 2.22. The number of rotatable bonds is 5.